The number of nitrogens with zero attached hydrogens (tertiary/aromatic N) is 1. The summed E-state index contributed by atoms with van der Waals surface area (Å²) in [5, 5.41) is 12.5. The molecule has 0 saturated heterocycles. The lowest BCUT2D eigenvalue weighted by Crippen LogP contribution is -1.96. The number of fused-ring (bicyclic) bond motifs is 1. The van der Waals surface area contributed by atoms with E-state index in [0.29, 0.717) is 5.92 Å². The molecule has 1 N–H and O–H groups in total. The Kier molecular flexibility index (Phi) is 2.41. The summed E-state index contributed by atoms with van der Waals surface area (Å²) in [5.41, 5.74) is 4.39. The fourth-order valence-electron chi connectivity index (χ4n) is 2.55. The van der Waals surface area contributed by atoms with Crippen LogP contribution in [0.2, 0.25) is 0 Å². The number of oxime groups is 1. The lowest BCUT2D eigenvalue weighted by molar-refractivity contribution is 0.318. The molecule has 2 heteroatoms. The molecule has 2 aromatic rings. The van der Waals surface area contributed by atoms with Gasteiger partial charge in [0.25, 0.3) is 0 Å². The van der Waals surface area contributed by atoms with Crippen LogP contribution >= 0.6 is 0 Å². The zero-order valence-corrected chi connectivity index (χ0v) is 9.38. The molecule has 0 aliphatic heterocycles. The van der Waals surface area contributed by atoms with Crippen molar-refractivity contribution in [1.29, 1.82) is 0 Å². The van der Waals surface area contributed by atoms with Crippen LogP contribution in [0, 0.1) is 0 Å². The Balaban J connectivity index is 2.11. The minimum absolute atomic E-state index is 0.318. The molecular formula is C15H13NO. The third-order valence-electron chi connectivity index (χ3n) is 3.37. The maximum absolute atomic E-state index is 9.07. The lowest BCUT2D eigenvalue weighted by atomic mass is 9.93. The van der Waals surface area contributed by atoms with Crippen molar-refractivity contribution in [1.82, 2.24) is 0 Å². The van der Waals surface area contributed by atoms with Gasteiger partial charge in [-0.3, -0.25) is 0 Å². The molecule has 0 spiro atoms. The second-order valence-electron chi connectivity index (χ2n) is 4.30. The van der Waals surface area contributed by atoms with Crippen molar-refractivity contribution in [2.75, 3.05) is 0 Å². The molecule has 0 unspecified atom stereocenters. The minimum Gasteiger partial charge on any atom is -0.411 e. The summed E-state index contributed by atoms with van der Waals surface area (Å²) < 4.78 is 0. The molecular weight excluding hydrogens is 210 g/mol. The van der Waals surface area contributed by atoms with Gasteiger partial charge < -0.3 is 5.21 Å². The van der Waals surface area contributed by atoms with Crippen molar-refractivity contribution in [3.05, 3.63) is 71.3 Å². The third kappa shape index (κ3) is 1.62. The summed E-state index contributed by atoms with van der Waals surface area (Å²) in [7, 11) is 0. The van der Waals surface area contributed by atoms with E-state index in [4.69, 9.17) is 5.21 Å². The summed E-state index contributed by atoms with van der Waals surface area (Å²) in [6.45, 7) is 0. The van der Waals surface area contributed by atoms with Crippen LogP contribution < -0.4 is 0 Å². The first-order valence-corrected chi connectivity index (χ1v) is 5.75. The quantitative estimate of drug-likeness (QED) is 0.583. The molecule has 3 rings (SSSR count). The van der Waals surface area contributed by atoms with Crippen LogP contribution in [0.5, 0.6) is 0 Å². The van der Waals surface area contributed by atoms with Crippen LogP contribution in [0.15, 0.2) is 59.8 Å². The van der Waals surface area contributed by atoms with Gasteiger partial charge in [-0.2, -0.15) is 0 Å². The van der Waals surface area contributed by atoms with Crippen LogP contribution in [-0.4, -0.2) is 10.9 Å². The van der Waals surface area contributed by atoms with Crippen LogP contribution in [0.4, 0.5) is 0 Å². The summed E-state index contributed by atoms with van der Waals surface area (Å²) >= 11 is 0. The van der Waals surface area contributed by atoms with E-state index in [9.17, 15) is 0 Å². The highest BCUT2D eigenvalue weighted by molar-refractivity contribution is 6.05. The topological polar surface area (TPSA) is 32.6 Å². The average molecular weight is 223 g/mol. The van der Waals surface area contributed by atoms with E-state index in [-0.39, 0.29) is 0 Å². The van der Waals surface area contributed by atoms with Gasteiger partial charge in [-0.1, -0.05) is 59.8 Å². The molecule has 0 aromatic heterocycles. The Morgan fingerprint density at radius 1 is 0.941 bits per heavy atom. The van der Waals surface area contributed by atoms with E-state index in [1.54, 1.807) is 0 Å². The molecule has 84 valence electrons. The van der Waals surface area contributed by atoms with Crippen molar-refractivity contribution in [2.45, 2.75) is 12.3 Å². The number of benzene rings is 2. The largest absolute Gasteiger partial charge is 0.411 e. The van der Waals surface area contributed by atoms with E-state index >= 15 is 0 Å². The van der Waals surface area contributed by atoms with E-state index < -0.39 is 0 Å². The van der Waals surface area contributed by atoms with E-state index in [2.05, 4.69) is 23.4 Å². The highest BCUT2D eigenvalue weighted by atomic mass is 16.4. The molecule has 0 bridgehead atoms. The Hall–Kier alpha value is -2.09. The normalized spacial score (nSPS) is 20.5. The molecule has 0 fully saturated rings. The van der Waals surface area contributed by atoms with Crippen LogP contribution in [-0.2, 0) is 0 Å². The summed E-state index contributed by atoms with van der Waals surface area (Å²) in [6, 6.07) is 18.5. The predicted molar refractivity (Wildman–Crippen MR) is 67.7 cm³/mol. The van der Waals surface area contributed by atoms with Gasteiger partial charge in [-0.25, -0.2) is 0 Å². The van der Waals surface area contributed by atoms with E-state index in [0.717, 1.165) is 17.7 Å². The Labute approximate surface area is 100 Å². The summed E-state index contributed by atoms with van der Waals surface area (Å²) in [5.74, 6) is 0.318. The van der Waals surface area contributed by atoms with Crippen molar-refractivity contribution in [2.24, 2.45) is 5.16 Å². The van der Waals surface area contributed by atoms with Crippen LogP contribution in [0.25, 0.3) is 0 Å². The lowest BCUT2D eigenvalue weighted by Gasteiger charge is -2.10. The first-order valence-electron chi connectivity index (χ1n) is 5.75. The summed E-state index contributed by atoms with van der Waals surface area (Å²) in [4.78, 5) is 0. The van der Waals surface area contributed by atoms with Gasteiger partial charge >= 0.3 is 0 Å². The third-order valence-corrected chi connectivity index (χ3v) is 3.37. The monoisotopic (exact) mass is 223 g/mol. The molecule has 0 heterocycles. The van der Waals surface area contributed by atoms with Crippen molar-refractivity contribution in [3.63, 3.8) is 0 Å². The molecule has 17 heavy (non-hydrogen) atoms. The Bertz CT molecular complexity index is 560. The first-order chi connectivity index (χ1) is 8.40. The van der Waals surface area contributed by atoms with Crippen molar-refractivity contribution >= 4 is 5.71 Å². The molecule has 0 saturated carbocycles. The highest BCUT2D eigenvalue weighted by Gasteiger charge is 2.28. The number of hydrogen-bond donors (Lipinski definition) is 1. The highest BCUT2D eigenvalue weighted by Crippen LogP contribution is 2.37. The Morgan fingerprint density at radius 3 is 2.41 bits per heavy atom. The second-order valence-corrected chi connectivity index (χ2v) is 4.30. The number of rotatable bonds is 1. The second kappa shape index (κ2) is 4.06. The van der Waals surface area contributed by atoms with Gasteiger partial charge in [0, 0.05) is 17.9 Å². The van der Waals surface area contributed by atoms with Gasteiger partial charge in [-0.05, 0) is 11.1 Å². The van der Waals surface area contributed by atoms with E-state index in [1.165, 1.54) is 11.1 Å². The van der Waals surface area contributed by atoms with Gasteiger partial charge in [0.15, 0.2) is 0 Å². The van der Waals surface area contributed by atoms with Gasteiger partial charge in [-0.15, -0.1) is 0 Å². The molecule has 1 atom stereocenters. The standard InChI is InChI=1S/C15H13NO/c17-16-15-10-14(11-6-2-1-3-7-11)12-8-4-5-9-13(12)15/h1-9,14,17H,10H2/b16-15-/t14-/m0/s1. The molecule has 1 aliphatic rings. The summed E-state index contributed by atoms with van der Waals surface area (Å²) in [6.07, 6.45) is 0.778. The van der Waals surface area contributed by atoms with Gasteiger partial charge in [0.1, 0.15) is 0 Å². The minimum atomic E-state index is 0.318. The van der Waals surface area contributed by atoms with Crippen molar-refractivity contribution in [3.8, 4) is 0 Å². The maximum Gasteiger partial charge on any atom is 0.0880 e. The molecule has 0 amide bonds. The zero-order valence-electron chi connectivity index (χ0n) is 9.38. The molecule has 2 nitrogen and oxygen atoms in total. The van der Waals surface area contributed by atoms with Crippen molar-refractivity contribution < 1.29 is 5.21 Å². The van der Waals surface area contributed by atoms with Crippen LogP contribution in [0.3, 0.4) is 0 Å². The van der Waals surface area contributed by atoms with Gasteiger partial charge in [0.05, 0.1) is 5.71 Å². The predicted octanol–water partition coefficient (Wildman–Crippen LogP) is 3.40. The molecule has 0 radical (unpaired) electrons. The van der Waals surface area contributed by atoms with E-state index in [1.807, 2.05) is 36.4 Å². The fourth-order valence-corrected chi connectivity index (χ4v) is 2.55. The maximum atomic E-state index is 9.07. The Morgan fingerprint density at radius 2 is 1.65 bits per heavy atom. The molecule has 2 aromatic carbocycles. The SMILES string of the molecule is O/N=C1/C[C@@H](c2ccccc2)c2ccccc21. The first kappa shape index (κ1) is 10.1. The molecule has 1 aliphatic carbocycles. The van der Waals surface area contributed by atoms with Crippen LogP contribution in [0.1, 0.15) is 29.0 Å². The number of hydrogen-bond acceptors (Lipinski definition) is 2. The average Bonchev–Trinajstić information content (AvgIpc) is 2.78. The zero-order chi connectivity index (χ0) is 11.7. The fraction of sp³-hybridized carbons (Fsp3) is 0.133. The van der Waals surface area contributed by atoms with Gasteiger partial charge in [0.2, 0.25) is 0 Å². The smallest absolute Gasteiger partial charge is 0.0880 e.